The van der Waals surface area contributed by atoms with Crippen molar-refractivity contribution >= 4 is 21.6 Å². The van der Waals surface area contributed by atoms with E-state index in [0.29, 0.717) is 28.5 Å². The SMILES string of the molecule is COc1ccc(NS(=O)(=O)c2ccc(C)c(C(=O)NCc3ccc4c(c3)OCO4)c2)cc1. The van der Waals surface area contributed by atoms with Gasteiger partial charge in [0.1, 0.15) is 5.75 Å². The van der Waals surface area contributed by atoms with E-state index in [-0.39, 0.29) is 29.7 Å². The second kappa shape index (κ2) is 8.80. The molecule has 3 aromatic rings. The molecule has 2 N–H and O–H groups in total. The Labute approximate surface area is 186 Å². The summed E-state index contributed by atoms with van der Waals surface area (Å²) in [6, 6.07) is 16.4. The Morgan fingerprint density at radius 3 is 2.50 bits per heavy atom. The number of nitrogens with one attached hydrogen (secondary N) is 2. The number of aryl methyl sites for hydroxylation is 1. The lowest BCUT2D eigenvalue weighted by Crippen LogP contribution is -2.24. The van der Waals surface area contributed by atoms with Crippen molar-refractivity contribution in [3.63, 3.8) is 0 Å². The van der Waals surface area contributed by atoms with Crippen LogP contribution in [-0.4, -0.2) is 28.2 Å². The second-order valence-corrected chi connectivity index (χ2v) is 8.86. The number of hydrogen-bond acceptors (Lipinski definition) is 6. The molecule has 0 fully saturated rings. The number of fused-ring (bicyclic) bond motifs is 1. The van der Waals surface area contributed by atoms with Gasteiger partial charge in [-0.2, -0.15) is 0 Å². The van der Waals surface area contributed by atoms with Crippen molar-refractivity contribution < 1.29 is 27.4 Å². The van der Waals surface area contributed by atoms with Gasteiger partial charge in [-0.15, -0.1) is 0 Å². The first kappa shape index (κ1) is 21.5. The zero-order valence-electron chi connectivity index (χ0n) is 17.5. The van der Waals surface area contributed by atoms with E-state index >= 15 is 0 Å². The minimum atomic E-state index is -3.88. The zero-order chi connectivity index (χ0) is 22.7. The van der Waals surface area contributed by atoms with E-state index in [0.717, 1.165) is 5.56 Å². The number of ether oxygens (including phenoxy) is 3. The summed E-state index contributed by atoms with van der Waals surface area (Å²) < 4.78 is 43.9. The molecule has 4 rings (SSSR count). The fourth-order valence-electron chi connectivity index (χ4n) is 3.21. The highest BCUT2D eigenvalue weighted by molar-refractivity contribution is 7.92. The molecule has 3 aromatic carbocycles. The van der Waals surface area contributed by atoms with Gasteiger partial charge in [0.25, 0.3) is 15.9 Å². The highest BCUT2D eigenvalue weighted by Crippen LogP contribution is 2.32. The third-order valence-electron chi connectivity index (χ3n) is 5.00. The summed E-state index contributed by atoms with van der Waals surface area (Å²) in [6.45, 7) is 2.19. The molecular formula is C23H22N2O6S. The van der Waals surface area contributed by atoms with Gasteiger partial charge in [0.15, 0.2) is 11.5 Å². The lowest BCUT2D eigenvalue weighted by atomic mass is 10.1. The van der Waals surface area contributed by atoms with Crippen LogP contribution in [0, 0.1) is 6.92 Å². The molecule has 0 spiro atoms. The number of anilines is 1. The quantitative estimate of drug-likeness (QED) is 0.567. The van der Waals surface area contributed by atoms with Crippen LogP contribution in [-0.2, 0) is 16.6 Å². The minimum absolute atomic E-state index is 0.00727. The molecule has 0 aromatic heterocycles. The number of hydrogen-bond donors (Lipinski definition) is 2. The van der Waals surface area contributed by atoms with Gasteiger partial charge in [0.2, 0.25) is 6.79 Å². The highest BCUT2D eigenvalue weighted by Gasteiger charge is 2.19. The van der Waals surface area contributed by atoms with Crippen molar-refractivity contribution in [1.29, 1.82) is 0 Å². The first-order valence-electron chi connectivity index (χ1n) is 9.80. The molecule has 0 atom stereocenters. The first-order valence-corrected chi connectivity index (χ1v) is 11.3. The number of carbonyl (C=O) groups is 1. The predicted molar refractivity (Wildman–Crippen MR) is 119 cm³/mol. The Bertz CT molecular complexity index is 1260. The number of amides is 1. The van der Waals surface area contributed by atoms with Crippen molar-refractivity contribution in [3.05, 3.63) is 77.4 Å². The summed E-state index contributed by atoms with van der Waals surface area (Å²) >= 11 is 0. The van der Waals surface area contributed by atoms with Gasteiger partial charge < -0.3 is 19.5 Å². The fraction of sp³-hybridized carbons (Fsp3) is 0.174. The highest BCUT2D eigenvalue weighted by atomic mass is 32.2. The third kappa shape index (κ3) is 4.62. The van der Waals surface area contributed by atoms with Crippen LogP contribution in [0.4, 0.5) is 5.69 Å². The Morgan fingerprint density at radius 2 is 1.75 bits per heavy atom. The molecule has 32 heavy (non-hydrogen) atoms. The van der Waals surface area contributed by atoms with E-state index in [1.54, 1.807) is 49.4 Å². The molecule has 1 aliphatic heterocycles. The molecule has 0 radical (unpaired) electrons. The summed E-state index contributed by atoms with van der Waals surface area (Å²) in [4.78, 5) is 12.8. The Balaban J connectivity index is 1.49. The van der Waals surface area contributed by atoms with Crippen LogP contribution < -0.4 is 24.2 Å². The van der Waals surface area contributed by atoms with Gasteiger partial charge >= 0.3 is 0 Å². The second-order valence-electron chi connectivity index (χ2n) is 7.18. The first-order chi connectivity index (χ1) is 15.4. The van der Waals surface area contributed by atoms with Crippen molar-refractivity contribution in [2.75, 3.05) is 18.6 Å². The lowest BCUT2D eigenvalue weighted by molar-refractivity contribution is 0.0950. The minimum Gasteiger partial charge on any atom is -0.497 e. The Kier molecular flexibility index (Phi) is 5.91. The fourth-order valence-corrected chi connectivity index (χ4v) is 4.30. The standard InChI is InChI=1S/C23H22N2O6S/c1-15-3-9-19(32(27,28)25-17-5-7-18(29-2)8-6-17)12-20(15)23(26)24-13-16-4-10-21-22(11-16)31-14-30-21/h3-12,25H,13-14H2,1-2H3,(H,24,26). The normalized spacial score (nSPS) is 12.3. The maximum absolute atomic E-state index is 12.8. The zero-order valence-corrected chi connectivity index (χ0v) is 18.4. The van der Waals surface area contributed by atoms with Crippen LogP contribution in [0.15, 0.2) is 65.6 Å². The van der Waals surface area contributed by atoms with Gasteiger partial charge in [-0.3, -0.25) is 9.52 Å². The number of benzene rings is 3. The van der Waals surface area contributed by atoms with Crippen LogP contribution >= 0.6 is 0 Å². The molecular weight excluding hydrogens is 432 g/mol. The van der Waals surface area contributed by atoms with Crippen LogP contribution in [0.2, 0.25) is 0 Å². The molecule has 0 unspecified atom stereocenters. The van der Waals surface area contributed by atoms with E-state index in [4.69, 9.17) is 14.2 Å². The van der Waals surface area contributed by atoms with Crippen LogP contribution in [0.25, 0.3) is 0 Å². The average Bonchev–Trinajstić information content (AvgIpc) is 3.26. The van der Waals surface area contributed by atoms with Gasteiger partial charge in [-0.25, -0.2) is 8.42 Å². The van der Waals surface area contributed by atoms with E-state index in [2.05, 4.69) is 10.0 Å². The molecule has 0 bridgehead atoms. The molecule has 0 saturated carbocycles. The molecule has 1 amide bonds. The number of sulfonamides is 1. The largest absolute Gasteiger partial charge is 0.497 e. The van der Waals surface area contributed by atoms with Crippen LogP contribution in [0.3, 0.4) is 0 Å². The van der Waals surface area contributed by atoms with Crippen molar-refractivity contribution in [2.45, 2.75) is 18.4 Å². The Hall–Kier alpha value is -3.72. The monoisotopic (exact) mass is 454 g/mol. The summed E-state index contributed by atoms with van der Waals surface area (Å²) in [5, 5.41) is 2.82. The van der Waals surface area contributed by atoms with E-state index in [9.17, 15) is 13.2 Å². The summed E-state index contributed by atoms with van der Waals surface area (Å²) in [7, 11) is -2.35. The number of carbonyl (C=O) groups excluding carboxylic acids is 1. The van der Waals surface area contributed by atoms with Crippen LogP contribution in [0.1, 0.15) is 21.5 Å². The number of methoxy groups -OCH3 is 1. The van der Waals surface area contributed by atoms with Crippen LogP contribution in [0.5, 0.6) is 17.2 Å². The predicted octanol–water partition coefficient (Wildman–Crippen LogP) is 3.46. The van der Waals surface area contributed by atoms with E-state index in [1.165, 1.54) is 19.2 Å². The molecule has 1 aliphatic rings. The Morgan fingerprint density at radius 1 is 1.00 bits per heavy atom. The van der Waals surface area contributed by atoms with Crippen molar-refractivity contribution in [2.24, 2.45) is 0 Å². The van der Waals surface area contributed by atoms with Crippen molar-refractivity contribution in [3.8, 4) is 17.2 Å². The maximum atomic E-state index is 12.8. The van der Waals surface area contributed by atoms with Crippen molar-refractivity contribution in [1.82, 2.24) is 5.32 Å². The lowest BCUT2D eigenvalue weighted by Gasteiger charge is -2.12. The molecule has 0 saturated heterocycles. The third-order valence-corrected chi connectivity index (χ3v) is 6.38. The smallest absolute Gasteiger partial charge is 0.261 e. The van der Waals surface area contributed by atoms with E-state index < -0.39 is 10.0 Å². The number of rotatable bonds is 7. The molecule has 9 heteroatoms. The summed E-state index contributed by atoms with van der Waals surface area (Å²) in [6.07, 6.45) is 0. The summed E-state index contributed by atoms with van der Waals surface area (Å²) in [5.74, 6) is 1.54. The topological polar surface area (TPSA) is 103 Å². The molecule has 8 nitrogen and oxygen atoms in total. The molecule has 166 valence electrons. The van der Waals surface area contributed by atoms with Gasteiger partial charge in [0.05, 0.1) is 12.0 Å². The molecule has 0 aliphatic carbocycles. The van der Waals surface area contributed by atoms with Gasteiger partial charge in [-0.05, 0) is 66.6 Å². The summed E-state index contributed by atoms with van der Waals surface area (Å²) in [5.41, 5.74) is 2.17. The average molecular weight is 455 g/mol. The van der Waals surface area contributed by atoms with Gasteiger partial charge in [-0.1, -0.05) is 12.1 Å². The molecule has 1 heterocycles. The van der Waals surface area contributed by atoms with Gasteiger partial charge in [0, 0.05) is 17.8 Å². The maximum Gasteiger partial charge on any atom is 0.261 e. The van der Waals surface area contributed by atoms with E-state index in [1.807, 2.05) is 6.07 Å².